The maximum absolute atomic E-state index is 11.9. The number of H-pyrrole nitrogens is 1. The van der Waals surface area contributed by atoms with Crippen molar-refractivity contribution in [2.45, 2.75) is 11.3 Å². The van der Waals surface area contributed by atoms with E-state index in [4.69, 9.17) is 0 Å². The maximum Gasteiger partial charge on any atom is 0.247 e. The molecule has 0 aliphatic heterocycles. The summed E-state index contributed by atoms with van der Waals surface area (Å²) in [5.41, 5.74) is 0.471. The van der Waals surface area contributed by atoms with Crippen molar-refractivity contribution in [1.29, 1.82) is 0 Å². The van der Waals surface area contributed by atoms with E-state index in [-0.39, 0.29) is 17.0 Å². The third kappa shape index (κ3) is 3.73. The van der Waals surface area contributed by atoms with E-state index < -0.39 is 10.0 Å². The van der Waals surface area contributed by atoms with Crippen LogP contribution in [0.3, 0.4) is 0 Å². The largest absolute Gasteiger partial charge is 0.328 e. The van der Waals surface area contributed by atoms with E-state index in [2.05, 4.69) is 14.7 Å². The molecule has 2 rings (SSSR count). The van der Waals surface area contributed by atoms with Crippen molar-refractivity contribution in [2.24, 2.45) is 0 Å². The summed E-state index contributed by atoms with van der Waals surface area (Å²) >= 11 is 0. The zero-order valence-electron chi connectivity index (χ0n) is 10.0. The van der Waals surface area contributed by atoms with Crippen LogP contribution in [0.2, 0.25) is 0 Å². The first-order valence-electron chi connectivity index (χ1n) is 5.66. The van der Waals surface area contributed by atoms with Crippen LogP contribution in [-0.2, 0) is 16.4 Å². The molecule has 0 saturated heterocycles. The molecule has 0 spiro atoms. The van der Waals surface area contributed by atoms with Gasteiger partial charge in [-0.05, 0) is 18.2 Å². The van der Waals surface area contributed by atoms with Crippen LogP contribution >= 0.6 is 0 Å². The molecule has 0 amide bonds. The summed E-state index contributed by atoms with van der Waals surface area (Å²) in [4.78, 5) is 17.3. The lowest BCUT2D eigenvalue weighted by molar-refractivity contribution is 0.581. The molecule has 2 heterocycles. The van der Waals surface area contributed by atoms with Crippen molar-refractivity contribution in [3.63, 3.8) is 0 Å². The highest BCUT2D eigenvalue weighted by atomic mass is 32.2. The lowest BCUT2D eigenvalue weighted by atomic mass is 10.3. The van der Waals surface area contributed by atoms with Gasteiger partial charge in [0, 0.05) is 37.1 Å². The highest BCUT2D eigenvalue weighted by Crippen LogP contribution is 2.04. The first kappa shape index (κ1) is 13.4. The van der Waals surface area contributed by atoms with Crippen molar-refractivity contribution in [2.75, 3.05) is 6.54 Å². The van der Waals surface area contributed by atoms with Gasteiger partial charge in [0.25, 0.3) is 0 Å². The first-order valence-corrected chi connectivity index (χ1v) is 7.14. The molecule has 0 aliphatic rings. The molecule has 7 heteroatoms. The van der Waals surface area contributed by atoms with Crippen LogP contribution in [0.15, 0.2) is 52.4 Å². The number of nitrogens with one attached hydrogen (secondary N) is 2. The van der Waals surface area contributed by atoms with Crippen LogP contribution < -0.4 is 10.3 Å². The third-order valence-electron chi connectivity index (χ3n) is 2.47. The molecule has 0 atom stereocenters. The van der Waals surface area contributed by atoms with Crippen LogP contribution in [0.4, 0.5) is 0 Å². The highest BCUT2D eigenvalue weighted by Gasteiger charge is 2.13. The normalized spacial score (nSPS) is 11.4. The summed E-state index contributed by atoms with van der Waals surface area (Å²) < 4.78 is 26.2. The Hall–Kier alpha value is -1.99. The molecule has 19 heavy (non-hydrogen) atoms. The number of rotatable bonds is 5. The number of pyridine rings is 2. The van der Waals surface area contributed by atoms with Gasteiger partial charge in [-0.15, -0.1) is 0 Å². The van der Waals surface area contributed by atoms with Gasteiger partial charge in [0.15, 0.2) is 0 Å². The Labute approximate surface area is 110 Å². The number of aromatic amines is 1. The minimum Gasteiger partial charge on any atom is -0.328 e. The average molecular weight is 279 g/mol. The fourth-order valence-corrected chi connectivity index (χ4v) is 2.50. The van der Waals surface area contributed by atoms with E-state index in [1.54, 1.807) is 12.3 Å². The molecule has 2 N–H and O–H groups in total. The Balaban J connectivity index is 1.98. The van der Waals surface area contributed by atoms with Gasteiger partial charge < -0.3 is 4.98 Å². The molecule has 2 aromatic heterocycles. The van der Waals surface area contributed by atoms with E-state index in [0.717, 1.165) is 5.69 Å². The van der Waals surface area contributed by atoms with E-state index >= 15 is 0 Å². The van der Waals surface area contributed by atoms with Crippen molar-refractivity contribution in [1.82, 2.24) is 14.7 Å². The van der Waals surface area contributed by atoms with Crippen LogP contribution in [-0.4, -0.2) is 24.9 Å². The SMILES string of the molecule is O=c1ccc(S(=O)(=O)NCCc2ccccn2)c[nH]1. The molecule has 2 aromatic rings. The van der Waals surface area contributed by atoms with Crippen LogP contribution in [0, 0.1) is 0 Å². The van der Waals surface area contributed by atoms with Crippen LogP contribution in [0.25, 0.3) is 0 Å². The van der Waals surface area contributed by atoms with Crippen molar-refractivity contribution < 1.29 is 8.42 Å². The molecule has 0 aromatic carbocycles. The smallest absolute Gasteiger partial charge is 0.247 e. The summed E-state index contributed by atoms with van der Waals surface area (Å²) in [5, 5.41) is 0. The molecule has 100 valence electrons. The topological polar surface area (TPSA) is 91.9 Å². The highest BCUT2D eigenvalue weighted by molar-refractivity contribution is 7.89. The fourth-order valence-electron chi connectivity index (χ4n) is 1.51. The second-order valence-corrected chi connectivity index (χ2v) is 5.62. The van der Waals surface area contributed by atoms with E-state index in [1.165, 1.54) is 18.3 Å². The zero-order chi connectivity index (χ0) is 13.7. The Morgan fingerprint density at radius 2 is 2.05 bits per heavy atom. The molecule has 0 unspecified atom stereocenters. The van der Waals surface area contributed by atoms with Gasteiger partial charge in [-0.3, -0.25) is 9.78 Å². The molecule has 0 bridgehead atoms. The molecule has 0 saturated carbocycles. The fraction of sp³-hybridized carbons (Fsp3) is 0.167. The second-order valence-electron chi connectivity index (χ2n) is 3.86. The Morgan fingerprint density at radius 3 is 2.68 bits per heavy atom. The van der Waals surface area contributed by atoms with Gasteiger partial charge in [0.1, 0.15) is 0 Å². The van der Waals surface area contributed by atoms with Gasteiger partial charge in [-0.1, -0.05) is 6.07 Å². The quantitative estimate of drug-likeness (QED) is 0.823. The lowest BCUT2D eigenvalue weighted by Crippen LogP contribution is -2.26. The minimum atomic E-state index is -3.60. The minimum absolute atomic E-state index is 0.0353. The predicted octanol–water partition coefficient (Wildman–Crippen LogP) is 0.291. The van der Waals surface area contributed by atoms with Gasteiger partial charge in [0.2, 0.25) is 15.6 Å². The molecular weight excluding hydrogens is 266 g/mol. The number of nitrogens with zero attached hydrogens (tertiary/aromatic N) is 1. The van der Waals surface area contributed by atoms with Crippen LogP contribution in [0.1, 0.15) is 5.69 Å². The third-order valence-corrected chi connectivity index (χ3v) is 3.92. The summed E-state index contributed by atoms with van der Waals surface area (Å²) in [5.74, 6) is 0. The van der Waals surface area contributed by atoms with Crippen molar-refractivity contribution >= 4 is 10.0 Å². The second kappa shape index (κ2) is 5.77. The summed E-state index contributed by atoms with van der Waals surface area (Å²) in [7, 11) is -3.60. The molecule has 0 aliphatic carbocycles. The Kier molecular flexibility index (Phi) is 4.08. The number of hydrogen-bond donors (Lipinski definition) is 2. The molecule has 6 nitrogen and oxygen atoms in total. The molecule has 0 fully saturated rings. The van der Waals surface area contributed by atoms with Gasteiger partial charge in [-0.2, -0.15) is 0 Å². The average Bonchev–Trinajstić information content (AvgIpc) is 2.40. The summed E-state index contributed by atoms with van der Waals surface area (Å²) in [6, 6.07) is 7.91. The number of aromatic nitrogens is 2. The number of sulfonamides is 1. The number of hydrogen-bond acceptors (Lipinski definition) is 4. The Morgan fingerprint density at radius 1 is 1.21 bits per heavy atom. The summed E-state index contributed by atoms with van der Waals surface area (Å²) in [6.45, 7) is 0.248. The maximum atomic E-state index is 11.9. The van der Waals surface area contributed by atoms with Crippen molar-refractivity contribution in [3.8, 4) is 0 Å². The van der Waals surface area contributed by atoms with E-state index in [1.807, 2.05) is 12.1 Å². The van der Waals surface area contributed by atoms with Crippen molar-refractivity contribution in [3.05, 3.63) is 58.8 Å². The van der Waals surface area contributed by atoms with Crippen LogP contribution in [0.5, 0.6) is 0 Å². The van der Waals surface area contributed by atoms with E-state index in [0.29, 0.717) is 6.42 Å². The van der Waals surface area contributed by atoms with Gasteiger partial charge >= 0.3 is 0 Å². The molecule has 0 radical (unpaired) electrons. The Bertz CT molecular complexity index is 675. The predicted molar refractivity (Wildman–Crippen MR) is 70.2 cm³/mol. The van der Waals surface area contributed by atoms with E-state index in [9.17, 15) is 13.2 Å². The monoisotopic (exact) mass is 279 g/mol. The zero-order valence-corrected chi connectivity index (χ0v) is 10.9. The standard InChI is InChI=1S/C12H13N3O3S/c16-12-5-4-11(9-14-12)19(17,18)15-8-6-10-3-1-2-7-13-10/h1-5,7,9,15H,6,8H2,(H,14,16). The van der Waals surface area contributed by atoms with Gasteiger partial charge in [0.05, 0.1) is 4.90 Å². The summed E-state index contributed by atoms with van der Waals surface area (Å²) in [6.07, 6.45) is 3.33. The first-order chi connectivity index (χ1) is 9.08. The van der Waals surface area contributed by atoms with Gasteiger partial charge in [-0.25, -0.2) is 13.1 Å². The lowest BCUT2D eigenvalue weighted by Gasteiger charge is -2.05. The molecular formula is C12H13N3O3S.